The molecule has 0 aliphatic carbocycles. The van der Waals surface area contributed by atoms with Crippen LogP contribution in [0.4, 0.5) is 0 Å². The van der Waals surface area contributed by atoms with Crippen molar-refractivity contribution in [2.45, 2.75) is 0 Å². The summed E-state index contributed by atoms with van der Waals surface area (Å²) in [6.45, 7) is 0. The third-order valence-corrected chi connectivity index (χ3v) is 0.607. The Bertz CT molecular complexity index is 84.1. The van der Waals surface area contributed by atoms with Gasteiger partial charge in [-0.2, -0.15) is 0 Å². The van der Waals surface area contributed by atoms with E-state index in [-0.39, 0.29) is 17.0 Å². The van der Waals surface area contributed by atoms with E-state index in [1.165, 1.54) is 0 Å². The quantitative estimate of drug-likeness (QED) is 0.594. The molecule has 0 aromatic carbocycles. The zero-order chi connectivity index (χ0) is 6.24. The smallest absolute Gasteiger partial charge is 0.166 e. The van der Waals surface area contributed by atoms with Gasteiger partial charge in [-0.1, -0.05) is 6.07 Å². The van der Waals surface area contributed by atoms with Crippen LogP contribution < -0.4 is 22.0 Å². The van der Waals surface area contributed by atoms with Gasteiger partial charge >= 0.3 is 0 Å². The average molecular weight is 320 g/mol. The van der Waals surface area contributed by atoms with E-state index in [9.17, 15) is 0 Å². The Labute approximate surface area is 80.5 Å². The molecule has 0 saturated carbocycles. The van der Waals surface area contributed by atoms with Gasteiger partial charge in [-0.05, 0) is 0 Å². The van der Waals surface area contributed by atoms with Crippen molar-refractivity contribution in [1.82, 2.24) is 0 Å². The first kappa shape index (κ1) is 12.3. The molecule has 0 aliphatic heterocycles. The van der Waals surface area contributed by atoms with Crippen LogP contribution in [0.2, 0.25) is 0 Å². The molecule has 1 rings (SSSR count). The molecule has 0 saturated heterocycles. The van der Waals surface area contributed by atoms with Gasteiger partial charge in [0.1, 0.15) is 0 Å². The number of aromatic nitrogens is 1. The molecule has 52 valence electrons. The summed E-state index contributed by atoms with van der Waals surface area (Å²) in [4.78, 5) is 2.89. The van der Waals surface area contributed by atoms with Crippen LogP contribution >= 0.6 is 28.3 Å². The summed E-state index contributed by atoms with van der Waals surface area (Å²) in [6, 6.07) is 5.86. The monoisotopic (exact) mass is 317 g/mol. The van der Waals surface area contributed by atoms with E-state index in [2.05, 4.69) is 33.2 Å². The van der Waals surface area contributed by atoms with E-state index in [0.717, 1.165) is 0 Å². The molecule has 0 spiro atoms. The van der Waals surface area contributed by atoms with Crippen molar-refractivity contribution in [2.24, 2.45) is 0 Å². The molecule has 0 unspecified atom stereocenters. The van der Waals surface area contributed by atoms with Gasteiger partial charge in [0.05, 0.1) is 0 Å². The Kier molecular flexibility index (Phi) is 15.6. The van der Waals surface area contributed by atoms with Gasteiger partial charge in [0.2, 0.25) is 0 Å². The fourth-order valence-electron chi connectivity index (χ4n) is 0.342. The summed E-state index contributed by atoms with van der Waals surface area (Å²) in [5.74, 6) is 0. The first-order chi connectivity index (χ1) is 4.00. The zero-order valence-corrected chi connectivity index (χ0v) is 9.28. The van der Waals surface area contributed by atoms with Crippen LogP contribution in [0.5, 0.6) is 0 Å². The summed E-state index contributed by atoms with van der Waals surface area (Å²) in [5.41, 5.74) is 0. The van der Waals surface area contributed by atoms with Crippen molar-refractivity contribution in [3.05, 3.63) is 30.6 Å². The summed E-state index contributed by atoms with van der Waals surface area (Å²) < 4.78 is 0. The molecular weight excluding hydrogens is 314 g/mol. The van der Waals surface area contributed by atoms with Gasteiger partial charge in [-0.3, -0.25) is 0 Å². The Balaban J connectivity index is 0. The van der Waals surface area contributed by atoms with Crippen molar-refractivity contribution in [1.29, 1.82) is 0 Å². The summed E-state index contributed by atoms with van der Waals surface area (Å²) in [5, 5.41) is 0. The molecule has 1 nitrogen and oxygen atoms in total. The number of rotatable bonds is 0. The van der Waals surface area contributed by atoms with E-state index in [0.29, 0.717) is 0 Å². The maximum atomic E-state index is 2.89. The summed E-state index contributed by atoms with van der Waals surface area (Å²) in [6.07, 6.45) is 3.75. The van der Waals surface area contributed by atoms with E-state index < -0.39 is 0 Å². The van der Waals surface area contributed by atoms with Crippen LogP contribution in [0.3, 0.4) is 0 Å². The van der Waals surface area contributed by atoms with E-state index in [4.69, 9.17) is 0 Å². The molecule has 0 amide bonds. The molecule has 1 aromatic heterocycles. The van der Waals surface area contributed by atoms with Crippen LogP contribution in [0.15, 0.2) is 30.6 Å². The maximum Gasteiger partial charge on any atom is 0.166 e. The minimum absolute atomic E-state index is 0. The van der Waals surface area contributed by atoms with Gasteiger partial charge < -0.3 is 17.0 Å². The summed E-state index contributed by atoms with van der Waals surface area (Å²) in [7, 11) is 0. The minimum atomic E-state index is 0. The number of nitrogens with one attached hydrogen (secondary N) is 1. The number of pyridine rings is 1. The highest BCUT2D eigenvalue weighted by Crippen LogP contribution is 1.85. The molecule has 9 heavy (non-hydrogen) atoms. The molecule has 0 radical (unpaired) electrons. The highest BCUT2D eigenvalue weighted by molar-refractivity contribution is 9.93. The van der Waals surface area contributed by atoms with Crippen molar-refractivity contribution in [3.63, 3.8) is 0 Å². The Morgan fingerprint density at radius 2 is 1.33 bits per heavy atom. The minimum Gasteiger partial charge on any atom is -1.00 e. The first-order valence-electron chi connectivity index (χ1n) is 2.05. The second-order valence-electron chi connectivity index (χ2n) is 1.08. The Morgan fingerprint density at radius 1 is 0.889 bits per heavy atom. The van der Waals surface area contributed by atoms with E-state index in [1.54, 1.807) is 0 Å². The number of hydrogen-bond donors (Lipinski definition) is 0. The highest BCUT2D eigenvalue weighted by Gasteiger charge is 1.65. The van der Waals surface area contributed by atoms with Gasteiger partial charge in [0, 0.05) is 40.4 Å². The van der Waals surface area contributed by atoms with Gasteiger partial charge in [0.15, 0.2) is 12.4 Å². The molecule has 1 aromatic rings. The fourth-order valence-corrected chi connectivity index (χ4v) is 0.342. The van der Waals surface area contributed by atoms with Crippen molar-refractivity contribution in [3.8, 4) is 0 Å². The average Bonchev–Trinajstić information content (AvgIpc) is 1.96. The van der Waals surface area contributed by atoms with E-state index in [1.807, 2.05) is 30.6 Å². The largest absolute Gasteiger partial charge is 1.00 e. The molecule has 0 aliphatic rings. The lowest BCUT2D eigenvalue weighted by Crippen LogP contribution is -3.00. The molecule has 0 atom stereocenters. The lowest BCUT2D eigenvalue weighted by molar-refractivity contribution is -0.377. The Morgan fingerprint density at radius 3 is 1.44 bits per heavy atom. The van der Waals surface area contributed by atoms with Crippen LogP contribution in [0, 0.1) is 0 Å². The normalized spacial score (nSPS) is 6.00. The van der Waals surface area contributed by atoms with Gasteiger partial charge in [-0.25, -0.2) is 4.98 Å². The van der Waals surface area contributed by atoms with Crippen molar-refractivity contribution in [2.75, 3.05) is 0 Å². The second-order valence-corrected chi connectivity index (χ2v) is 1.08. The van der Waals surface area contributed by atoms with Crippen molar-refractivity contribution >= 4 is 28.3 Å². The predicted octanol–water partition coefficient (Wildman–Crippen LogP) is -0.804. The third-order valence-electron chi connectivity index (χ3n) is 0.607. The van der Waals surface area contributed by atoms with Gasteiger partial charge in [-0.15, -0.1) is 0 Å². The molecular formula is C5H6Br3N. The van der Waals surface area contributed by atoms with Gasteiger partial charge in [0.25, 0.3) is 0 Å². The van der Waals surface area contributed by atoms with Crippen LogP contribution in [0.1, 0.15) is 0 Å². The molecule has 1 heterocycles. The van der Waals surface area contributed by atoms with Crippen LogP contribution in [-0.4, -0.2) is 0 Å². The first-order valence-corrected chi connectivity index (χ1v) is 5.77. The number of aromatic amines is 1. The zero-order valence-electron chi connectivity index (χ0n) is 4.52. The lowest BCUT2D eigenvalue weighted by atomic mass is 10.5. The number of H-pyrrole nitrogens is 1. The Hall–Kier alpha value is 0.590. The predicted molar refractivity (Wildman–Crippen MR) is 40.9 cm³/mol. The summed E-state index contributed by atoms with van der Waals surface area (Å²) >= 11 is 5.50. The van der Waals surface area contributed by atoms with E-state index >= 15 is 0 Å². The van der Waals surface area contributed by atoms with Crippen LogP contribution in [-0.2, 0) is 0 Å². The highest BCUT2D eigenvalue weighted by atomic mass is 80.9. The maximum absolute atomic E-state index is 2.89. The SMILES string of the molecule is BrBr.[Br-].c1cc[nH+]cc1. The number of halogens is 3. The molecule has 1 N–H and O–H groups in total. The lowest BCUT2D eigenvalue weighted by Gasteiger charge is -1.63. The standard InChI is InChI=1S/C5H5N.Br2.BrH/c1-2-4-6-5-3-1;1-2;/h1-5H;;1H. The third kappa shape index (κ3) is 8.59. The second kappa shape index (κ2) is 11.4. The van der Waals surface area contributed by atoms with Crippen molar-refractivity contribution < 1.29 is 22.0 Å². The molecule has 0 fully saturated rings. The molecule has 4 heteroatoms. The van der Waals surface area contributed by atoms with Crippen LogP contribution in [0.25, 0.3) is 0 Å². The fraction of sp³-hybridized carbons (Fsp3) is 0. The number of hydrogen-bond acceptors (Lipinski definition) is 0. The topological polar surface area (TPSA) is 14.1 Å². The molecule has 0 bridgehead atoms.